The topological polar surface area (TPSA) is 87.1 Å². The van der Waals surface area contributed by atoms with Crippen molar-refractivity contribution in [3.63, 3.8) is 0 Å². The molecule has 0 fully saturated rings. The van der Waals surface area contributed by atoms with Crippen LogP contribution in [0, 0.1) is 6.92 Å². The molecular formula is C17H22IN5O2. The van der Waals surface area contributed by atoms with E-state index in [0.29, 0.717) is 24.8 Å². The fourth-order valence-electron chi connectivity index (χ4n) is 2.39. The first-order valence-corrected chi connectivity index (χ1v) is 7.77. The van der Waals surface area contributed by atoms with Crippen LogP contribution in [0.4, 0.5) is 0 Å². The van der Waals surface area contributed by atoms with Crippen LogP contribution >= 0.6 is 24.0 Å². The number of aryl methyl sites for hydroxylation is 1. The average Bonchev–Trinajstić information content (AvgIpc) is 3.20. The van der Waals surface area contributed by atoms with Crippen molar-refractivity contribution in [3.05, 3.63) is 59.9 Å². The molecule has 0 amide bonds. The normalized spacial score (nSPS) is 12.7. The molecule has 0 saturated heterocycles. The Morgan fingerprint density at radius 2 is 2.16 bits per heavy atom. The monoisotopic (exact) mass is 455 g/mol. The minimum absolute atomic E-state index is 0. The van der Waals surface area contributed by atoms with Gasteiger partial charge in [0, 0.05) is 19.4 Å². The Morgan fingerprint density at radius 1 is 1.32 bits per heavy atom. The number of aliphatic hydroxyl groups excluding tert-OH is 1. The maximum absolute atomic E-state index is 10.1. The SMILES string of the molecule is CN=C(NCc1cn2ccccc2n1)NCC(O)c1ccc(C)o1.I. The molecule has 3 aromatic heterocycles. The number of nitrogens with one attached hydrogen (secondary N) is 2. The molecule has 25 heavy (non-hydrogen) atoms. The van der Waals surface area contributed by atoms with Gasteiger partial charge in [0.25, 0.3) is 0 Å². The van der Waals surface area contributed by atoms with E-state index >= 15 is 0 Å². The molecular weight excluding hydrogens is 433 g/mol. The molecule has 0 aromatic carbocycles. The van der Waals surface area contributed by atoms with Gasteiger partial charge in [0.05, 0.1) is 18.8 Å². The highest BCUT2D eigenvalue weighted by molar-refractivity contribution is 14.0. The first-order chi connectivity index (χ1) is 11.7. The summed E-state index contributed by atoms with van der Waals surface area (Å²) < 4.78 is 7.38. The zero-order valence-electron chi connectivity index (χ0n) is 14.1. The largest absolute Gasteiger partial charge is 0.464 e. The molecule has 0 saturated carbocycles. The number of imidazole rings is 1. The molecule has 3 N–H and O–H groups in total. The number of halogens is 1. The molecule has 0 aliphatic rings. The van der Waals surface area contributed by atoms with Crippen LogP contribution in [0.15, 0.2) is 52.1 Å². The standard InChI is InChI=1S/C17H21N5O2.HI/c1-12-6-7-15(24-12)14(23)10-20-17(18-2)19-9-13-11-22-8-4-3-5-16(22)21-13;/h3-8,11,14,23H,9-10H2,1-2H3,(H2,18,19,20);1H. The van der Waals surface area contributed by atoms with Crippen molar-refractivity contribution in [2.45, 2.75) is 19.6 Å². The molecule has 1 unspecified atom stereocenters. The van der Waals surface area contributed by atoms with E-state index in [1.807, 2.05) is 48.0 Å². The highest BCUT2D eigenvalue weighted by Crippen LogP contribution is 2.14. The lowest BCUT2D eigenvalue weighted by atomic mass is 10.3. The molecule has 3 rings (SSSR count). The van der Waals surface area contributed by atoms with Crippen LogP contribution in [0.3, 0.4) is 0 Å². The third-order valence-electron chi connectivity index (χ3n) is 3.63. The van der Waals surface area contributed by atoms with Crippen molar-refractivity contribution < 1.29 is 9.52 Å². The van der Waals surface area contributed by atoms with E-state index in [9.17, 15) is 5.11 Å². The summed E-state index contributed by atoms with van der Waals surface area (Å²) in [7, 11) is 1.68. The molecule has 0 spiro atoms. The van der Waals surface area contributed by atoms with Crippen molar-refractivity contribution in [1.82, 2.24) is 20.0 Å². The van der Waals surface area contributed by atoms with Gasteiger partial charge in [-0.05, 0) is 31.2 Å². The Bertz CT molecular complexity index is 809. The first kappa shape index (κ1) is 19.3. The summed E-state index contributed by atoms with van der Waals surface area (Å²) in [6, 6.07) is 9.48. The molecule has 3 aromatic rings. The number of hydrogen-bond acceptors (Lipinski definition) is 4. The predicted octanol–water partition coefficient (Wildman–Crippen LogP) is 2.25. The quantitative estimate of drug-likeness (QED) is 0.312. The highest BCUT2D eigenvalue weighted by Gasteiger charge is 2.12. The Hall–Kier alpha value is -2.07. The zero-order valence-corrected chi connectivity index (χ0v) is 16.5. The van der Waals surface area contributed by atoms with Gasteiger partial charge in [0.1, 0.15) is 23.3 Å². The van der Waals surface area contributed by atoms with Gasteiger partial charge in [0.2, 0.25) is 0 Å². The second-order valence-electron chi connectivity index (χ2n) is 5.47. The van der Waals surface area contributed by atoms with Gasteiger partial charge in [-0.25, -0.2) is 4.98 Å². The van der Waals surface area contributed by atoms with Gasteiger partial charge in [-0.15, -0.1) is 24.0 Å². The first-order valence-electron chi connectivity index (χ1n) is 7.77. The van der Waals surface area contributed by atoms with Gasteiger partial charge < -0.3 is 24.6 Å². The molecule has 0 bridgehead atoms. The van der Waals surface area contributed by atoms with E-state index < -0.39 is 6.10 Å². The van der Waals surface area contributed by atoms with Crippen molar-refractivity contribution in [2.24, 2.45) is 4.99 Å². The molecule has 7 nitrogen and oxygen atoms in total. The molecule has 0 aliphatic heterocycles. The number of fused-ring (bicyclic) bond motifs is 1. The summed E-state index contributed by atoms with van der Waals surface area (Å²) in [5, 5.41) is 16.4. The maximum atomic E-state index is 10.1. The van der Waals surface area contributed by atoms with Crippen LogP contribution in [-0.2, 0) is 6.54 Å². The molecule has 8 heteroatoms. The van der Waals surface area contributed by atoms with Crippen molar-refractivity contribution in [1.29, 1.82) is 0 Å². The number of rotatable bonds is 5. The van der Waals surface area contributed by atoms with Crippen LogP contribution in [0.2, 0.25) is 0 Å². The lowest BCUT2D eigenvalue weighted by Crippen LogP contribution is -2.39. The fraction of sp³-hybridized carbons (Fsp3) is 0.294. The van der Waals surface area contributed by atoms with Crippen molar-refractivity contribution in [2.75, 3.05) is 13.6 Å². The highest BCUT2D eigenvalue weighted by atomic mass is 127. The Kier molecular flexibility index (Phi) is 6.82. The molecule has 0 radical (unpaired) electrons. The number of aliphatic imine (C=N–C) groups is 1. The van der Waals surface area contributed by atoms with Gasteiger partial charge >= 0.3 is 0 Å². The molecule has 134 valence electrons. The Balaban J connectivity index is 0.00000225. The lowest BCUT2D eigenvalue weighted by molar-refractivity contribution is 0.151. The summed E-state index contributed by atoms with van der Waals surface area (Å²) in [6.07, 6.45) is 3.20. The van der Waals surface area contributed by atoms with Gasteiger partial charge in [0.15, 0.2) is 5.96 Å². The van der Waals surface area contributed by atoms with Gasteiger partial charge in [-0.1, -0.05) is 6.07 Å². The number of nitrogens with zero attached hydrogens (tertiary/aromatic N) is 3. The van der Waals surface area contributed by atoms with Crippen LogP contribution in [0.5, 0.6) is 0 Å². The summed E-state index contributed by atoms with van der Waals surface area (Å²) >= 11 is 0. The van der Waals surface area contributed by atoms with E-state index in [-0.39, 0.29) is 24.0 Å². The van der Waals surface area contributed by atoms with E-state index in [0.717, 1.165) is 17.1 Å². The van der Waals surface area contributed by atoms with Crippen molar-refractivity contribution in [3.8, 4) is 0 Å². The number of aliphatic hydroxyl groups is 1. The van der Waals surface area contributed by atoms with Crippen molar-refractivity contribution >= 4 is 35.6 Å². The van der Waals surface area contributed by atoms with Crippen LogP contribution in [-0.4, -0.2) is 34.0 Å². The van der Waals surface area contributed by atoms with Crippen LogP contribution < -0.4 is 10.6 Å². The minimum Gasteiger partial charge on any atom is -0.464 e. The Morgan fingerprint density at radius 3 is 2.84 bits per heavy atom. The number of pyridine rings is 1. The zero-order chi connectivity index (χ0) is 16.9. The second kappa shape index (κ2) is 8.86. The molecule has 0 aliphatic carbocycles. The summed E-state index contributed by atoms with van der Waals surface area (Å²) in [5.74, 6) is 1.91. The number of hydrogen-bond donors (Lipinski definition) is 3. The van der Waals surface area contributed by atoms with Crippen LogP contribution in [0.25, 0.3) is 5.65 Å². The van der Waals surface area contributed by atoms with Crippen LogP contribution in [0.1, 0.15) is 23.3 Å². The summed E-state index contributed by atoms with van der Waals surface area (Å²) in [6.45, 7) is 2.69. The van der Waals surface area contributed by atoms with E-state index in [1.165, 1.54) is 0 Å². The van der Waals surface area contributed by atoms with Gasteiger partial charge in [-0.2, -0.15) is 0 Å². The second-order valence-corrected chi connectivity index (χ2v) is 5.47. The third-order valence-corrected chi connectivity index (χ3v) is 3.63. The summed E-state index contributed by atoms with van der Waals surface area (Å²) in [5.41, 5.74) is 1.81. The van der Waals surface area contributed by atoms with E-state index in [4.69, 9.17) is 4.42 Å². The minimum atomic E-state index is -0.729. The molecule has 1 atom stereocenters. The lowest BCUT2D eigenvalue weighted by Gasteiger charge is -2.13. The molecule has 3 heterocycles. The smallest absolute Gasteiger partial charge is 0.191 e. The maximum Gasteiger partial charge on any atom is 0.191 e. The Labute approximate surface area is 163 Å². The number of guanidine groups is 1. The third kappa shape index (κ3) is 4.95. The number of furan rings is 1. The average molecular weight is 455 g/mol. The van der Waals surface area contributed by atoms with E-state index in [1.54, 1.807) is 13.1 Å². The van der Waals surface area contributed by atoms with E-state index in [2.05, 4.69) is 20.6 Å². The predicted molar refractivity (Wildman–Crippen MR) is 107 cm³/mol. The van der Waals surface area contributed by atoms with Gasteiger partial charge in [-0.3, -0.25) is 4.99 Å². The summed E-state index contributed by atoms with van der Waals surface area (Å²) in [4.78, 5) is 8.66. The number of aromatic nitrogens is 2. The fourth-order valence-corrected chi connectivity index (χ4v) is 2.39.